The fourth-order valence-corrected chi connectivity index (χ4v) is 3.77. The Morgan fingerprint density at radius 3 is 2.60 bits per heavy atom. The number of amides is 1. The van der Waals surface area contributed by atoms with Gasteiger partial charge in [0.25, 0.3) is 5.91 Å². The van der Waals surface area contributed by atoms with Crippen molar-refractivity contribution >= 4 is 21.6 Å². The molecule has 0 bridgehead atoms. The first-order valence-electron chi connectivity index (χ1n) is 7.90. The summed E-state index contributed by atoms with van der Waals surface area (Å²) >= 11 is 0. The summed E-state index contributed by atoms with van der Waals surface area (Å²) in [4.78, 5) is 15.8. The van der Waals surface area contributed by atoms with Crippen molar-refractivity contribution in [2.45, 2.75) is 6.04 Å². The number of fused-ring (bicyclic) bond motifs is 1. The molecule has 2 aromatic heterocycles. The van der Waals surface area contributed by atoms with Gasteiger partial charge in [-0.1, -0.05) is 0 Å². The van der Waals surface area contributed by atoms with E-state index in [4.69, 9.17) is 0 Å². The molecule has 1 atom stereocenters. The van der Waals surface area contributed by atoms with E-state index < -0.39 is 10.0 Å². The normalized spacial score (nSPS) is 20.1. The van der Waals surface area contributed by atoms with Crippen molar-refractivity contribution in [2.24, 2.45) is 0 Å². The summed E-state index contributed by atoms with van der Waals surface area (Å²) in [5, 5.41) is 8.41. The molecule has 0 aromatic carbocycles. The van der Waals surface area contributed by atoms with Gasteiger partial charge in [-0.05, 0) is 19.2 Å². The van der Waals surface area contributed by atoms with Gasteiger partial charge in [-0.3, -0.25) is 14.1 Å². The summed E-state index contributed by atoms with van der Waals surface area (Å²) in [5.41, 5.74) is 1.15. The van der Waals surface area contributed by atoms with Gasteiger partial charge in [0.1, 0.15) is 0 Å². The number of pyridine rings is 1. The monoisotopic (exact) mass is 366 g/mol. The van der Waals surface area contributed by atoms with E-state index in [0.717, 1.165) is 0 Å². The van der Waals surface area contributed by atoms with E-state index in [1.54, 1.807) is 36.8 Å². The smallest absolute Gasteiger partial charge is 0.254 e. The molecule has 25 heavy (non-hydrogen) atoms. The van der Waals surface area contributed by atoms with Crippen molar-refractivity contribution in [1.82, 2.24) is 28.7 Å². The molecule has 1 amide bonds. The van der Waals surface area contributed by atoms with E-state index in [-0.39, 0.29) is 11.9 Å². The molecule has 3 rings (SSSR count). The standard InChI is InChI=1S/C15H22N6O3S/c1-18(2)15(22)11-5-6-13-16-17-14(21(13)9-11)12-10-20(25(4,23)24)8-7-19(12)3/h5-6,9,12H,7-8,10H2,1-4H3/t12-/m1/s1. The van der Waals surface area contributed by atoms with Crippen LogP contribution in [0.5, 0.6) is 0 Å². The maximum Gasteiger partial charge on any atom is 0.254 e. The molecule has 9 nitrogen and oxygen atoms in total. The number of carbonyl (C=O) groups is 1. The lowest BCUT2D eigenvalue weighted by atomic mass is 10.2. The highest BCUT2D eigenvalue weighted by Gasteiger charge is 2.33. The highest BCUT2D eigenvalue weighted by Crippen LogP contribution is 2.24. The van der Waals surface area contributed by atoms with Crippen LogP contribution in [0.2, 0.25) is 0 Å². The average molecular weight is 366 g/mol. The number of sulfonamides is 1. The van der Waals surface area contributed by atoms with Gasteiger partial charge in [0, 0.05) is 39.9 Å². The SMILES string of the molecule is CN(C)C(=O)c1ccc2nnc([C@H]3CN(S(C)(=O)=O)CCN3C)n2c1. The topological polar surface area (TPSA) is 91.1 Å². The van der Waals surface area contributed by atoms with Gasteiger partial charge in [-0.25, -0.2) is 8.42 Å². The van der Waals surface area contributed by atoms with E-state index >= 15 is 0 Å². The highest BCUT2D eigenvalue weighted by atomic mass is 32.2. The fourth-order valence-electron chi connectivity index (χ4n) is 2.95. The summed E-state index contributed by atoms with van der Waals surface area (Å²) in [5.74, 6) is 0.510. The largest absolute Gasteiger partial charge is 0.345 e. The molecule has 0 radical (unpaired) electrons. The van der Waals surface area contributed by atoms with Crippen LogP contribution in [0.15, 0.2) is 18.3 Å². The third-order valence-electron chi connectivity index (χ3n) is 4.46. The predicted molar refractivity (Wildman–Crippen MR) is 92.8 cm³/mol. The summed E-state index contributed by atoms with van der Waals surface area (Å²) in [7, 11) is 2.05. The van der Waals surface area contributed by atoms with Crippen molar-refractivity contribution in [3.8, 4) is 0 Å². The molecule has 10 heteroatoms. The Bertz CT molecular complexity index is 907. The Labute approximate surface area is 146 Å². The van der Waals surface area contributed by atoms with Gasteiger partial charge in [-0.15, -0.1) is 10.2 Å². The van der Waals surface area contributed by atoms with Gasteiger partial charge in [0.15, 0.2) is 11.5 Å². The van der Waals surface area contributed by atoms with Crippen LogP contribution in [0.1, 0.15) is 22.2 Å². The van der Waals surface area contributed by atoms with Gasteiger partial charge in [0.2, 0.25) is 10.0 Å². The van der Waals surface area contributed by atoms with E-state index in [9.17, 15) is 13.2 Å². The lowest BCUT2D eigenvalue weighted by molar-refractivity contribution is 0.0827. The Hall–Kier alpha value is -2.04. The highest BCUT2D eigenvalue weighted by molar-refractivity contribution is 7.88. The fraction of sp³-hybridized carbons (Fsp3) is 0.533. The first kappa shape index (κ1) is 17.8. The molecule has 2 aromatic rings. The molecule has 0 unspecified atom stereocenters. The van der Waals surface area contributed by atoms with Gasteiger partial charge >= 0.3 is 0 Å². The van der Waals surface area contributed by atoms with Crippen molar-refractivity contribution in [3.63, 3.8) is 0 Å². The van der Waals surface area contributed by atoms with Crippen LogP contribution < -0.4 is 0 Å². The first-order chi connectivity index (χ1) is 11.7. The number of hydrogen-bond donors (Lipinski definition) is 0. The van der Waals surface area contributed by atoms with Crippen molar-refractivity contribution < 1.29 is 13.2 Å². The minimum atomic E-state index is -3.27. The number of likely N-dealkylation sites (N-methyl/N-ethyl adjacent to an activating group) is 1. The van der Waals surface area contributed by atoms with Crippen LogP contribution in [0.25, 0.3) is 5.65 Å². The molecule has 1 saturated heterocycles. The minimum Gasteiger partial charge on any atom is -0.345 e. The Kier molecular flexibility index (Phi) is 4.52. The second-order valence-electron chi connectivity index (χ2n) is 6.52. The Morgan fingerprint density at radius 2 is 1.96 bits per heavy atom. The van der Waals surface area contributed by atoms with Gasteiger partial charge < -0.3 is 4.90 Å². The predicted octanol–water partition coefficient (Wildman–Crippen LogP) is -0.321. The first-order valence-corrected chi connectivity index (χ1v) is 9.75. The number of hydrogen-bond acceptors (Lipinski definition) is 6. The zero-order valence-corrected chi connectivity index (χ0v) is 15.6. The zero-order valence-electron chi connectivity index (χ0n) is 14.7. The second kappa shape index (κ2) is 6.36. The molecule has 136 valence electrons. The zero-order chi connectivity index (χ0) is 18.4. The third-order valence-corrected chi connectivity index (χ3v) is 5.73. The number of aromatic nitrogens is 3. The van der Waals surface area contributed by atoms with Crippen molar-refractivity contribution in [3.05, 3.63) is 29.7 Å². The number of piperazine rings is 1. The van der Waals surface area contributed by atoms with E-state index in [1.807, 2.05) is 7.05 Å². The average Bonchev–Trinajstić information content (AvgIpc) is 2.96. The molecule has 3 heterocycles. The van der Waals surface area contributed by atoms with Crippen molar-refractivity contribution in [1.29, 1.82) is 0 Å². The molecular formula is C15H22N6O3S. The molecule has 0 aliphatic carbocycles. The van der Waals surface area contributed by atoms with E-state index in [1.165, 1.54) is 15.5 Å². The van der Waals surface area contributed by atoms with Crippen LogP contribution in [0.3, 0.4) is 0 Å². The second-order valence-corrected chi connectivity index (χ2v) is 8.50. The summed E-state index contributed by atoms with van der Waals surface area (Å²) in [6.07, 6.45) is 2.92. The Balaban J connectivity index is 2.02. The molecule has 1 aliphatic heterocycles. The molecular weight excluding hydrogens is 344 g/mol. The Morgan fingerprint density at radius 1 is 1.24 bits per heavy atom. The van der Waals surface area contributed by atoms with Crippen molar-refractivity contribution in [2.75, 3.05) is 47.0 Å². The summed E-state index contributed by atoms with van der Waals surface area (Å²) < 4.78 is 27.0. The molecule has 1 aliphatic rings. The van der Waals surface area contributed by atoms with Crippen LogP contribution in [-0.2, 0) is 10.0 Å². The maximum absolute atomic E-state index is 12.2. The van der Waals surface area contributed by atoms with Crippen LogP contribution >= 0.6 is 0 Å². The minimum absolute atomic E-state index is 0.115. The molecule has 0 spiro atoms. The quantitative estimate of drug-likeness (QED) is 0.739. The third kappa shape index (κ3) is 3.37. The summed E-state index contributed by atoms with van der Waals surface area (Å²) in [6.45, 7) is 1.36. The number of carbonyl (C=O) groups excluding carboxylic acids is 1. The van der Waals surface area contributed by atoms with Crippen LogP contribution in [0.4, 0.5) is 0 Å². The van der Waals surface area contributed by atoms with Gasteiger partial charge in [0.05, 0.1) is 17.9 Å². The number of nitrogens with zero attached hydrogens (tertiary/aromatic N) is 6. The molecule has 0 N–H and O–H groups in total. The van der Waals surface area contributed by atoms with Crippen LogP contribution in [-0.4, -0.2) is 90.1 Å². The number of rotatable bonds is 3. The maximum atomic E-state index is 12.2. The lowest BCUT2D eigenvalue weighted by Crippen LogP contribution is -2.49. The van der Waals surface area contributed by atoms with E-state index in [0.29, 0.717) is 36.7 Å². The lowest BCUT2D eigenvalue weighted by Gasteiger charge is -2.37. The van der Waals surface area contributed by atoms with Crippen LogP contribution in [0, 0.1) is 0 Å². The molecule has 1 fully saturated rings. The summed E-state index contributed by atoms with van der Waals surface area (Å²) in [6, 6.07) is 3.22. The molecule has 0 saturated carbocycles. The van der Waals surface area contributed by atoms with E-state index in [2.05, 4.69) is 15.1 Å². The van der Waals surface area contributed by atoms with Gasteiger partial charge in [-0.2, -0.15) is 4.31 Å².